The van der Waals surface area contributed by atoms with Crippen LogP contribution in [0.25, 0.3) is 0 Å². The summed E-state index contributed by atoms with van der Waals surface area (Å²) in [7, 11) is 0. The molecular formula is C14H19FN4O4. The summed E-state index contributed by atoms with van der Waals surface area (Å²) in [6.07, 6.45) is 0. The van der Waals surface area contributed by atoms with Crippen LogP contribution < -0.4 is 26.6 Å². The third-order valence-electron chi connectivity index (χ3n) is 2.76. The van der Waals surface area contributed by atoms with Crippen molar-refractivity contribution in [3.8, 4) is 5.75 Å². The predicted molar refractivity (Wildman–Crippen MR) is 79.5 cm³/mol. The van der Waals surface area contributed by atoms with Gasteiger partial charge in [0.25, 0.3) is 11.8 Å². The summed E-state index contributed by atoms with van der Waals surface area (Å²) >= 11 is 0. The predicted octanol–water partition coefficient (Wildman–Crippen LogP) is 0.0448. The first-order chi connectivity index (χ1) is 10.8. The SMILES string of the molecule is CC(C)[C@H](NC(N)=O)C(=O)NNC(=O)COc1ccc(F)cc1. The first-order valence-electron chi connectivity index (χ1n) is 6.82. The molecule has 0 radical (unpaired) electrons. The van der Waals surface area contributed by atoms with Gasteiger partial charge in [0.1, 0.15) is 17.6 Å². The Morgan fingerprint density at radius 1 is 1.17 bits per heavy atom. The average Bonchev–Trinajstić information content (AvgIpc) is 2.49. The van der Waals surface area contributed by atoms with Gasteiger partial charge in [0.15, 0.2) is 6.61 Å². The van der Waals surface area contributed by atoms with Crippen LogP contribution in [0, 0.1) is 11.7 Å². The number of carbonyl (C=O) groups excluding carboxylic acids is 3. The number of benzene rings is 1. The number of carbonyl (C=O) groups is 3. The number of primary amides is 1. The van der Waals surface area contributed by atoms with Crippen molar-refractivity contribution in [1.82, 2.24) is 16.2 Å². The van der Waals surface area contributed by atoms with Gasteiger partial charge >= 0.3 is 6.03 Å². The van der Waals surface area contributed by atoms with E-state index < -0.39 is 29.7 Å². The van der Waals surface area contributed by atoms with E-state index in [4.69, 9.17) is 10.5 Å². The molecule has 126 valence electrons. The Morgan fingerprint density at radius 3 is 2.30 bits per heavy atom. The molecule has 4 amide bonds. The molecule has 0 aliphatic carbocycles. The number of amides is 4. The van der Waals surface area contributed by atoms with E-state index in [0.29, 0.717) is 5.75 Å². The molecule has 0 aliphatic rings. The fourth-order valence-electron chi connectivity index (χ4n) is 1.61. The zero-order valence-corrected chi connectivity index (χ0v) is 12.8. The number of hydrogen-bond donors (Lipinski definition) is 4. The van der Waals surface area contributed by atoms with Gasteiger partial charge in [0.2, 0.25) is 0 Å². The lowest BCUT2D eigenvalue weighted by Gasteiger charge is -2.20. The van der Waals surface area contributed by atoms with Gasteiger partial charge in [0, 0.05) is 0 Å². The molecule has 1 atom stereocenters. The Morgan fingerprint density at radius 2 is 1.78 bits per heavy atom. The van der Waals surface area contributed by atoms with E-state index in [0.717, 1.165) is 0 Å². The molecule has 0 heterocycles. The highest BCUT2D eigenvalue weighted by atomic mass is 19.1. The maximum absolute atomic E-state index is 12.7. The van der Waals surface area contributed by atoms with Crippen LogP contribution in [-0.2, 0) is 9.59 Å². The summed E-state index contributed by atoms with van der Waals surface area (Å²) in [5.74, 6) is -1.58. The van der Waals surface area contributed by atoms with Gasteiger partial charge in [-0.1, -0.05) is 13.8 Å². The number of hydrazine groups is 1. The highest BCUT2D eigenvalue weighted by Crippen LogP contribution is 2.10. The molecular weight excluding hydrogens is 307 g/mol. The molecule has 0 spiro atoms. The minimum atomic E-state index is -0.884. The van der Waals surface area contributed by atoms with Gasteiger partial charge in [-0.3, -0.25) is 20.4 Å². The van der Waals surface area contributed by atoms with Crippen molar-refractivity contribution in [2.75, 3.05) is 6.61 Å². The molecule has 0 bridgehead atoms. The Balaban J connectivity index is 2.40. The minimum Gasteiger partial charge on any atom is -0.484 e. The van der Waals surface area contributed by atoms with E-state index in [-0.39, 0.29) is 12.5 Å². The topological polar surface area (TPSA) is 123 Å². The van der Waals surface area contributed by atoms with Crippen molar-refractivity contribution in [1.29, 1.82) is 0 Å². The van der Waals surface area contributed by atoms with E-state index in [9.17, 15) is 18.8 Å². The van der Waals surface area contributed by atoms with E-state index in [1.807, 2.05) is 0 Å². The maximum atomic E-state index is 12.7. The second kappa shape index (κ2) is 8.57. The fourth-order valence-corrected chi connectivity index (χ4v) is 1.61. The number of rotatable bonds is 6. The van der Waals surface area contributed by atoms with Crippen LogP contribution in [0.15, 0.2) is 24.3 Å². The highest BCUT2D eigenvalue weighted by Gasteiger charge is 2.23. The summed E-state index contributed by atoms with van der Waals surface area (Å²) in [5, 5.41) is 2.27. The fraction of sp³-hybridized carbons (Fsp3) is 0.357. The molecule has 0 aliphatic heterocycles. The van der Waals surface area contributed by atoms with Crippen molar-refractivity contribution < 1.29 is 23.5 Å². The number of nitrogens with two attached hydrogens (primary N) is 1. The van der Waals surface area contributed by atoms with Crippen molar-refractivity contribution in [3.63, 3.8) is 0 Å². The van der Waals surface area contributed by atoms with Crippen molar-refractivity contribution in [3.05, 3.63) is 30.1 Å². The first-order valence-corrected chi connectivity index (χ1v) is 6.82. The van der Waals surface area contributed by atoms with Crippen LogP contribution in [0.3, 0.4) is 0 Å². The Labute approximate surface area is 132 Å². The van der Waals surface area contributed by atoms with E-state index >= 15 is 0 Å². The Kier molecular flexibility index (Phi) is 6.78. The molecule has 8 nitrogen and oxygen atoms in total. The normalized spacial score (nSPS) is 11.5. The van der Waals surface area contributed by atoms with E-state index in [2.05, 4.69) is 16.2 Å². The largest absolute Gasteiger partial charge is 0.484 e. The number of urea groups is 1. The zero-order valence-electron chi connectivity index (χ0n) is 12.8. The highest BCUT2D eigenvalue weighted by molar-refractivity contribution is 5.88. The molecule has 9 heteroatoms. The third kappa shape index (κ3) is 6.64. The molecule has 0 saturated carbocycles. The van der Waals surface area contributed by atoms with E-state index in [1.54, 1.807) is 13.8 Å². The third-order valence-corrected chi connectivity index (χ3v) is 2.76. The standard InChI is InChI=1S/C14H19FN4O4/c1-8(2)12(17-14(16)22)13(21)19-18-11(20)7-23-10-5-3-9(15)4-6-10/h3-6,8,12H,7H2,1-2H3,(H,18,20)(H,19,21)(H3,16,17,22)/t12-/m0/s1. The summed E-state index contributed by atoms with van der Waals surface area (Å²) in [4.78, 5) is 34.3. The van der Waals surface area contributed by atoms with Crippen LogP contribution in [0.5, 0.6) is 5.75 Å². The number of halogens is 1. The molecule has 1 aromatic carbocycles. The first kappa shape index (κ1) is 18.2. The molecule has 5 N–H and O–H groups in total. The Bertz CT molecular complexity index is 562. The van der Waals surface area contributed by atoms with Gasteiger partial charge in [-0.15, -0.1) is 0 Å². The van der Waals surface area contributed by atoms with Gasteiger partial charge < -0.3 is 15.8 Å². The van der Waals surface area contributed by atoms with Gasteiger partial charge in [-0.2, -0.15) is 0 Å². The van der Waals surface area contributed by atoms with Crippen molar-refractivity contribution in [2.24, 2.45) is 11.7 Å². The minimum absolute atomic E-state index is 0.227. The molecule has 0 unspecified atom stereocenters. The summed E-state index contributed by atoms with van der Waals surface area (Å²) < 4.78 is 17.8. The summed E-state index contributed by atoms with van der Waals surface area (Å²) in [5.41, 5.74) is 9.29. The molecule has 0 aromatic heterocycles. The van der Waals surface area contributed by atoms with Crippen molar-refractivity contribution >= 4 is 17.8 Å². The molecule has 23 heavy (non-hydrogen) atoms. The lowest BCUT2D eigenvalue weighted by atomic mass is 10.0. The van der Waals surface area contributed by atoms with Crippen LogP contribution in [0.2, 0.25) is 0 Å². The number of nitrogens with one attached hydrogen (secondary N) is 3. The number of ether oxygens (including phenoxy) is 1. The average molecular weight is 326 g/mol. The second-order valence-corrected chi connectivity index (χ2v) is 5.01. The molecule has 1 aromatic rings. The van der Waals surface area contributed by atoms with Crippen LogP contribution in [-0.4, -0.2) is 30.5 Å². The van der Waals surface area contributed by atoms with Crippen LogP contribution >= 0.6 is 0 Å². The lowest BCUT2D eigenvalue weighted by molar-refractivity contribution is -0.131. The summed E-state index contributed by atoms with van der Waals surface area (Å²) in [6, 6.07) is 3.39. The second-order valence-electron chi connectivity index (χ2n) is 5.01. The van der Waals surface area contributed by atoms with Crippen LogP contribution in [0.4, 0.5) is 9.18 Å². The van der Waals surface area contributed by atoms with E-state index in [1.165, 1.54) is 24.3 Å². The monoisotopic (exact) mass is 326 g/mol. The maximum Gasteiger partial charge on any atom is 0.312 e. The van der Waals surface area contributed by atoms with Gasteiger partial charge in [-0.05, 0) is 30.2 Å². The van der Waals surface area contributed by atoms with Crippen LogP contribution in [0.1, 0.15) is 13.8 Å². The summed E-state index contributed by atoms with van der Waals surface area (Å²) in [6.45, 7) is 3.04. The lowest BCUT2D eigenvalue weighted by Crippen LogP contribution is -2.55. The molecule has 1 rings (SSSR count). The molecule has 0 saturated heterocycles. The van der Waals surface area contributed by atoms with Gasteiger partial charge in [-0.25, -0.2) is 9.18 Å². The number of hydrogen-bond acceptors (Lipinski definition) is 4. The zero-order chi connectivity index (χ0) is 17.4. The van der Waals surface area contributed by atoms with Crippen molar-refractivity contribution in [2.45, 2.75) is 19.9 Å². The quantitative estimate of drug-likeness (QED) is 0.551. The smallest absolute Gasteiger partial charge is 0.312 e. The molecule has 0 fully saturated rings. The van der Waals surface area contributed by atoms with Gasteiger partial charge in [0.05, 0.1) is 0 Å². The Hall–Kier alpha value is -2.84.